The summed E-state index contributed by atoms with van der Waals surface area (Å²) in [6.07, 6.45) is 0.559. The maximum Gasteiger partial charge on any atom is 0.422 e. The zero-order valence-electron chi connectivity index (χ0n) is 15.2. The zero-order valence-corrected chi connectivity index (χ0v) is 15.2. The average molecular weight is 393 g/mol. The van der Waals surface area contributed by atoms with Crippen molar-refractivity contribution >= 4 is 16.8 Å². The Morgan fingerprint density at radius 1 is 1.32 bits per heavy atom. The van der Waals surface area contributed by atoms with Gasteiger partial charge in [0.2, 0.25) is 11.8 Å². The molecule has 0 unspecified atom stereocenters. The third kappa shape index (κ3) is 4.76. The number of fused-ring (bicyclic) bond motifs is 1. The maximum absolute atomic E-state index is 12.3. The second kappa shape index (κ2) is 7.83. The number of nitrogens with one attached hydrogen (secondary N) is 1. The molecule has 0 atom stereocenters. The molecule has 28 heavy (non-hydrogen) atoms. The Kier molecular flexibility index (Phi) is 5.48. The van der Waals surface area contributed by atoms with Crippen LogP contribution in [0.3, 0.4) is 0 Å². The second-order valence-corrected chi connectivity index (χ2v) is 6.24. The molecular formula is C18H18F3N5O2. The maximum atomic E-state index is 12.3. The molecule has 0 saturated carbocycles. The van der Waals surface area contributed by atoms with Gasteiger partial charge in [0, 0.05) is 36.6 Å². The molecule has 1 N–H and O–H groups in total. The lowest BCUT2D eigenvalue weighted by atomic mass is 10.2. The van der Waals surface area contributed by atoms with Crippen LogP contribution in [0.25, 0.3) is 10.9 Å². The van der Waals surface area contributed by atoms with E-state index < -0.39 is 12.8 Å². The van der Waals surface area contributed by atoms with Crippen LogP contribution in [-0.4, -0.2) is 45.5 Å². The van der Waals surface area contributed by atoms with Gasteiger partial charge in [-0.1, -0.05) is 0 Å². The topological polar surface area (TPSA) is 81.9 Å². The SMILES string of the molecule is CNC(=O)Cc1nccc2nn(Cc3cnc(OCC(F)(F)F)c(C)c3)cc12. The van der Waals surface area contributed by atoms with Crippen LogP contribution in [0.2, 0.25) is 0 Å². The van der Waals surface area contributed by atoms with E-state index >= 15 is 0 Å². The first-order valence-corrected chi connectivity index (χ1v) is 8.42. The molecule has 3 rings (SSSR count). The number of ether oxygens (including phenoxy) is 1. The second-order valence-electron chi connectivity index (χ2n) is 6.24. The molecule has 3 heterocycles. The molecule has 0 aliphatic carbocycles. The van der Waals surface area contributed by atoms with Crippen LogP contribution in [0.1, 0.15) is 16.8 Å². The Labute approximate surface area is 158 Å². The largest absolute Gasteiger partial charge is 0.468 e. The number of nitrogens with zero attached hydrogens (tertiary/aromatic N) is 4. The summed E-state index contributed by atoms with van der Waals surface area (Å²) >= 11 is 0. The smallest absolute Gasteiger partial charge is 0.422 e. The number of hydrogen-bond donors (Lipinski definition) is 1. The van der Waals surface area contributed by atoms with Crippen molar-refractivity contribution in [2.45, 2.75) is 26.1 Å². The molecule has 3 aromatic heterocycles. The third-order valence-corrected chi connectivity index (χ3v) is 3.97. The minimum Gasteiger partial charge on any atom is -0.468 e. The molecule has 0 fully saturated rings. The van der Waals surface area contributed by atoms with Gasteiger partial charge < -0.3 is 10.1 Å². The molecule has 3 aromatic rings. The number of carbonyl (C=O) groups is 1. The lowest BCUT2D eigenvalue weighted by molar-refractivity contribution is -0.154. The van der Waals surface area contributed by atoms with Gasteiger partial charge in [0.05, 0.1) is 24.2 Å². The summed E-state index contributed by atoms with van der Waals surface area (Å²) in [6.45, 7) is 0.612. The summed E-state index contributed by atoms with van der Waals surface area (Å²) in [6, 6.07) is 3.45. The van der Waals surface area contributed by atoms with Gasteiger partial charge in [0.15, 0.2) is 6.61 Å². The Hall–Kier alpha value is -3.17. The van der Waals surface area contributed by atoms with Gasteiger partial charge >= 0.3 is 6.18 Å². The van der Waals surface area contributed by atoms with E-state index in [1.54, 1.807) is 43.2 Å². The monoisotopic (exact) mass is 393 g/mol. The number of rotatable bonds is 6. The first kappa shape index (κ1) is 19.6. The molecule has 0 spiro atoms. The molecule has 10 heteroatoms. The first-order chi connectivity index (χ1) is 13.2. The highest BCUT2D eigenvalue weighted by Gasteiger charge is 2.29. The minimum atomic E-state index is -4.41. The fourth-order valence-corrected chi connectivity index (χ4v) is 2.71. The van der Waals surface area contributed by atoms with Crippen molar-refractivity contribution in [1.82, 2.24) is 25.1 Å². The number of amides is 1. The molecule has 7 nitrogen and oxygen atoms in total. The normalized spacial score (nSPS) is 11.6. The molecule has 0 aromatic carbocycles. The standard InChI is InChI=1S/C18H18F3N5O2/c1-11-5-12(7-24-17(11)28-10-18(19,20)21)8-26-9-13-14(25-26)3-4-23-15(13)6-16(27)22-2/h3-5,7,9H,6,8,10H2,1-2H3,(H,22,27). The first-order valence-electron chi connectivity index (χ1n) is 8.42. The van der Waals surface area contributed by atoms with Crippen molar-refractivity contribution < 1.29 is 22.7 Å². The van der Waals surface area contributed by atoms with Crippen LogP contribution in [-0.2, 0) is 17.8 Å². The Bertz CT molecular complexity index is 1000. The van der Waals surface area contributed by atoms with Gasteiger partial charge in [-0.3, -0.25) is 14.5 Å². The van der Waals surface area contributed by atoms with Crippen molar-refractivity contribution in [3.05, 3.63) is 47.5 Å². The van der Waals surface area contributed by atoms with Gasteiger partial charge in [-0.2, -0.15) is 18.3 Å². The predicted octanol–water partition coefficient (Wildman–Crippen LogP) is 2.41. The van der Waals surface area contributed by atoms with Gasteiger partial charge in [0.1, 0.15) is 0 Å². The summed E-state index contributed by atoms with van der Waals surface area (Å²) < 4.78 is 43.2. The number of hydrogen-bond acceptors (Lipinski definition) is 5. The minimum absolute atomic E-state index is 0.0521. The summed E-state index contributed by atoms with van der Waals surface area (Å²) in [5.74, 6) is -0.203. The van der Waals surface area contributed by atoms with E-state index in [1.807, 2.05) is 0 Å². The number of alkyl halides is 3. The highest BCUT2D eigenvalue weighted by Crippen LogP contribution is 2.21. The average Bonchev–Trinajstić information content (AvgIpc) is 3.03. The Morgan fingerprint density at radius 3 is 2.79 bits per heavy atom. The van der Waals surface area contributed by atoms with E-state index in [1.165, 1.54) is 6.20 Å². The third-order valence-electron chi connectivity index (χ3n) is 3.97. The molecule has 148 valence electrons. The van der Waals surface area contributed by atoms with E-state index in [0.29, 0.717) is 23.3 Å². The molecular weight excluding hydrogens is 375 g/mol. The number of aromatic nitrogens is 4. The van der Waals surface area contributed by atoms with Crippen LogP contribution in [0.15, 0.2) is 30.7 Å². The highest BCUT2D eigenvalue weighted by molar-refractivity contribution is 5.86. The summed E-state index contributed by atoms with van der Waals surface area (Å²) in [5.41, 5.74) is 2.57. The van der Waals surface area contributed by atoms with Gasteiger partial charge in [-0.15, -0.1) is 0 Å². The van der Waals surface area contributed by atoms with Gasteiger partial charge in [0.25, 0.3) is 0 Å². The van der Waals surface area contributed by atoms with Crippen LogP contribution in [0, 0.1) is 6.92 Å². The fourth-order valence-electron chi connectivity index (χ4n) is 2.71. The van der Waals surface area contributed by atoms with Crippen molar-refractivity contribution in [3.63, 3.8) is 0 Å². The predicted molar refractivity (Wildman–Crippen MR) is 94.9 cm³/mol. The number of carbonyl (C=O) groups excluding carboxylic acids is 1. The molecule has 1 amide bonds. The summed E-state index contributed by atoms with van der Waals surface area (Å²) in [4.78, 5) is 19.9. The van der Waals surface area contributed by atoms with Gasteiger partial charge in [-0.05, 0) is 24.6 Å². The summed E-state index contributed by atoms with van der Waals surface area (Å²) in [5, 5.41) is 7.78. The van der Waals surface area contributed by atoms with E-state index in [9.17, 15) is 18.0 Å². The van der Waals surface area contributed by atoms with Crippen LogP contribution < -0.4 is 10.1 Å². The summed E-state index contributed by atoms with van der Waals surface area (Å²) in [7, 11) is 1.56. The number of pyridine rings is 2. The lowest BCUT2D eigenvalue weighted by Gasteiger charge is -2.11. The molecule has 0 radical (unpaired) electrons. The highest BCUT2D eigenvalue weighted by atomic mass is 19.4. The van der Waals surface area contributed by atoms with Crippen molar-refractivity contribution in [2.24, 2.45) is 0 Å². The number of halogens is 3. The molecule has 0 bridgehead atoms. The van der Waals surface area contributed by atoms with E-state index in [-0.39, 0.29) is 18.2 Å². The quantitative estimate of drug-likeness (QED) is 0.696. The van der Waals surface area contributed by atoms with Crippen molar-refractivity contribution in [1.29, 1.82) is 0 Å². The van der Waals surface area contributed by atoms with Gasteiger partial charge in [-0.25, -0.2) is 4.98 Å². The van der Waals surface area contributed by atoms with Crippen LogP contribution >= 0.6 is 0 Å². The van der Waals surface area contributed by atoms with Crippen molar-refractivity contribution in [3.8, 4) is 5.88 Å². The van der Waals surface area contributed by atoms with Crippen LogP contribution in [0.4, 0.5) is 13.2 Å². The van der Waals surface area contributed by atoms with Crippen molar-refractivity contribution in [2.75, 3.05) is 13.7 Å². The fraction of sp³-hybridized carbons (Fsp3) is 0.333. The van der Waals surface area contributed by atoms with E-state index in [4.69, 9.17) is 4.74 Å². The number of likely N-dealkylation sites (N-methyl/N-ethyl adjacent to an activating group) is 1. The molecule has 0 aliphatic rings. The van der Waals surface area contributed by atoms with Crippen LogP contribution in [0.5, 0.6) is 5.88 Å². The number of aryl methyl sites for hydroxylation is 1. The zero-order chi connectivity index (χ0) is 20.3. The molecule has 0 saturated heterocycles. The lowest BCUT2D eigenvalue weighted by Crippen LogP contribution is -2.20. The molecule has 0 aliphatic heterocycles. The van der Waals surface area contributed by atoms with E-state index in [0.717, 1.165) is 10.9 Å². The van der Waals surface area contributed by atoms with E-state index in [2.05, 4.69) is 20.4 Å². The Balaban J connectivity index is 1.78. The Morgan fingerprint density at radius 2 is 2.11 bits per heavy atom.